The predicted molar refractivity (Wildman–Crippen MR) is 125 cm³/mol. The monoisotopic (exact) mass is 467 g/mol. The first kappa shape index (κ1) is 28.7. The van der Waals surface area contributed by atoms with E-state index in [0.717, 1.165) is 25.7 Å². The number of carbonyl (C=O) groups is 4. The fourth-order valence-corrected chi connectivity index (χ4v) is 3.73. The van der Waals surface area contributed by atoms with Gasteiger partial charge in [0.05, 0.1) is 13.2 Å². The van der Waals surface area contributed by atoms with Crippen molar-refractivity contribution >= 4 is 29.3 Å². The highest BCUT2D eigenvalue weighted by Gasteiger charge is 2.52. The molecule has 9 nitrogen and oxygen atoms in total. The summed E-state index contributed by atoms with van der Waals surface area (Å²) in [4.78, 5) is 49.8. The minimum absolute atomic E-state index is 0.0338. The van der Waals surface area contributed by atoms with Crippen molar-refractivity contribution in [1.82, 2.24) is 10.6 Å². The number of methoxy groups -OCH3 is 1. The van der Waals surface area contributed by atoms with E-state index in [-0.39, 0.29) is 29.9 Å². The van der Waals surface area contributed by atoms with E-state index in [0.29, 0.717) is 18.7 Å². The average molecular weight is 468 g/mol. The lowest BCUT2D eigenvalue weighted by molar-refractivity contribution is -0.142. The van der Waals surface area contributed by atoms with Gasteiger partial charge in [0.1, 0.15) is 0 Å². The standard InChI is InChI=1S/C24H41N3O6/c1-14(2)12-17(22(29)26-11-9-7-8-10-16(5)25)13-18(28)19(15(3)4)27-23(30)20-21(33-20)24(31)32-6/h14-15,17,19-21,25H,7-13H2,1-6H3,(H,26,29)(H,27,30). The zero-order chi connectivity index (χ0) is 25.1. The highest BCUT2D eigenvalue weighted by atomic mass is 16.6. The van der Waals surface area contributed by atoms with Gasteiger partial charge in [0.25, 0.3) is 5.91 Å². The number of unbranched alkanes of at least 4 members (excludes halogenated alkanes) is 2. The molecular weight excluding hydrogens is 426 g/mol. The number of amides is 2. The van der Waals surface area contributed by atoms with Gasteiger partial charge >= 0.3 is 5.97 Å². The lowest BCUT2D eigenvalue weighted by Gasteiger charge is -2.24. The van der Waals surface area contributed by atoms with Crippen LogP contribution in [0.3, 0.4) is 0 Å². The van der Waals surface area contributed by atoms with Crippen molar-refractivity contribution in [2.45, 2.75) is 91.4 Å². The molecule has 1 heterocycles. The van der Waals surface area contributed by atoms with E-state index in [1.54, 1.807) is 6.92 Å². The molecule has 1 aliphatic heterocycles. The van der Waals surface area contributed by atoms with Gasteiger partial charge in [0.2, 0.25) is 5.91 Å². The van der Waals surface area contributed by atoms with E-state index in [4.69, 9.17) is 10.1 Å². The van der Waals surface area contributed by atoms with Crippen molar-refractivity contribution < 1.29 is 28.7 Å². The Hall–Kier alpha value is -2.29. The lowest BCUT2D eigenvalue weighted by Crippen LogP contribution is -2.48. The molecule has 188 valence electrons. The maximum atomic E-state index is 13.1. The number of rotatable bonds is 16. The topological polar surface area (TPSA) is 138 Å². The van der Waals surface area contributed by atoms with Crippen LogP contribution in [0.5, 0.6) is 0 Å². The molecule has 4 unspecified atom stereocenters. The van der Waals surface area contributed by atoms with Crippen molar-refractivity contribution in [3.8, 4) is 0 Å². The van der Waals surface area contributed by atoms with Crippen molar-refractivity contribution in [3.63, 3.8) is 0 Å². The first-order valence-electron chi connectivity index (χ1n) is 11.9. The van der Waals surface area contributed by atoms with Crippen LogP contribution in [0, 0.1) is 23.2 Å². The van der Waals surface area contributed by atoms with Gasteiger partial charge in [-0.1, -0.05) is 34.1 Å². The third-order valence-electron chi connectivity index (χ3n) is 5.60. The number of esters is 1. The molecule has 9 heteroatoms. The molecule has 1 aliphatic rings. The summed E-state index contributed by atoms with van der Waals surface area (Å²) < 4.78 is 9.65. The van der Waals surface area contributed by atoms with Gasteiger partial charge in [-0.25, -0.2) is 4.79 Å². The Morgan fingerprint density at radius 3 is 2.24 bits per heavy atom. The molecular formula is C24H41N3O6. The van der Waals surface area contributed by atoms with Gasteiger partial charge in [0, 0.05) is 24.6 Å². The van der Waals surface area contributed by atoms with Gasteiger partial charge in [-0.3, -0.25) is 14.4 Å². The van der Waals surface area contributed by atoms with Gasteiger partial charge in [-0.15, -0.1) is 0 Å². The third kappa shape index (κ3) is 10.5. The number of Topliss-reactive ketones (excluding diaryl/α,β-unsaturated/α-hetero) is 1. The number of ketones is 1. The summed E-state index contributed by atoms with van der Waals surface area (Å²) >= 11 is 0. The van der Waals surface area contributed by atoms with Gasteiger partial charge in [-0.2, -0.15) is 0 Å². The minimum Gasteiger partial charge on any atom is -0.467 e. The van der Waals surface area contributed by atoms with Crippen LogP contribution in [0.2, 0.25) is 0 Å². The molecule has 0 aromatic rings. The average Bonchev–Trinajstić information content (AvgIpc) is 3.53. The maximum absolute atomic E-state index is 13.1. The summed E-state index contributed by atoms with van der Waals surface area (Å²) in [7, 11) is 1.22. The molecule has 0 saturated carbocycles. The number of ether oxygens (including phenoxy) is 2. The van der Waals surface area contributed by atoms with Crippen LogP contribution >= 0.6 is 0 Å². The van der Waals surface area contributed by atoms with Gasteiger partial charge < -0.3 is 25.5 Å². The molecule has 0 aliphatic carbocycles. The van der Waals surface area contributed by atoms with Crippen molar-refractivity contribution in [1.29, 1.82) is 5.41 Å². The van der Waals surface area contributed by atoms with Crippen LogP contribution < -0.4 is 10.6 Å². The van der Waals surface area contributed by atoms with Crippen molar-refractivity contribution in [2.75, 3.05) is 13.7 Å². The molecule has 0 aromatic carbocycles. The number of nitrogens with one attached hydrogen (secondary N) is 3. The van der Waals surface area contributed by atoms with Crippen molar-refractivity contribution in [2.24, 2.45) is 17.8 Å². The maximum Gasteiger partial charge on any atom is 0.338 e. The molecule has 2 amide bonds. The normalized spacial score (nSPS) is 19.0. The van der Waals surface area contributed by atoms with E-state index in [9.17, 15) is 19.2 Å². The largest absolute Gasteiger partial charge is 0.467 e. The second-order valence-corrected chi connectivity index (χ2v) is 9.61. The smallest absolute Gasteiger partial charge is 0.338 e. The summed E-state index contributed by atoms with van der Waals surface area (Å²) in [6, 6.07) is -0.771. The Balaban J connectivity index is 2.64. The second kappa shape index (κ2) is 14.1. The summed E-state index contributed by atoms with van der Waals surface area (Å²) in [5.41, 5.74) is 0.662. The summed E-state index contributed by atoms with van der Waals surface area (Å²) in [6.45, 7) is 9.98. The Morgan fingerprint density at radius 2 is 1.70 bits per heavy atom. The molecule has 3 N–H and O–H groups in total. The van der Waals surface area contributed by atoms with E-state index >= 15 is 0 Å². The fraction of sp³-hybridized carbons (Fsp3) is 0.792. The fourth-order valence-electron chi connectivity index (χ4n) is 3.73. The van der Waals surface area contributed by atoms with Crippen LogP contribution in [0.4, 0.5) is 0 Å². The summed E-state index contributed by atoms with van der Waals surface area (Å²) in [5.74, 6) is -1.93. The number of hydrogen-bond acceptors (Lipinski definition) is 7. The van der Waals surface area contributed by atoms with E-state index in [1.165, 1.54) is 7.11 Å². The number of carbonyl (C=O) groups excluding carboxylic acids is 4. The Bertz CT molecular complexity index is 706. The van der Waals surface area contributed by atoms with E-state index in [1.807, 2.05) is 27.7 Å². The summed E-state index contributed by atoms with van der Waals surface area (Å²) in [6.07, 6.45) is 2.18. The van der Waals surface area contributed by atoms with Crippen LogP contribution in [0.1, 0.15) is 73.1 Å². The van der Waals surface area contributed by atoms with Crippen LogP contribution in [-0.4, -0.2) is 61.2 Å². The quantitative estimate of drug-likeness (QED) is 0.138. The Labute approximate surface area is 197 Å². The first-order valence-corrected chi connectivity index (χ1v) is 11.9. The van der Waals surface area contributed by atoms with Gasteiger partial charge in [0.15, 0.2) is 18.0 Å². The molecule has 1 saturated heterocycles. The van der Waals surface area contributed by atoms with E-state index < -0.39 is 36.0 Å². The second-order valence-electron chi connectivity index (χ2n) is 9.61. The summed E-state index contributed by atoms with van der Waals surface area (Å²) in [5, 5.41) is 13.1. The molecule has 1 fully saturated rings. The molecule has 0 bridgehead atoms. The number of hydrogen-bond donors (Lipinski definition) is 3. The molecule has 33 heavy (non-hydrogen) atoms. The number of epoxide rings is 1. The van der Waals surface area contributed by atoms with Crippen LogP contribution in [-0.2, 0) is 28.7 Å². The zero-order valence-corrected chi connectivity index (χ0v) is 20.9. The third-order valence-corrected chi connectivity index (χ3v) is 5.60. The Kier molecular flexibility index (Phi) is 12.3. The SMILES string of the molecule is COC(=O)C1OC1C(=O)NC(C(=O)CC(CC(C)C)C(=O)NCCCCCC(C)=N)C(C)C. The molecule has 1 rings (SSSR count). The highest BCUT2D eigenvalue weighted by Crippen LogP contribution is 2.24. The first-order chi connectivity index (χ1) is 15.5. The predicted octanol–water partition coefficient (Wildman–Crippen LogP) is 2.41. The molecule has 0 radical (unpaired) electrons. The van der Waals surface area contributed by atoms with Crippen molar-refractivity contribution in [3.05, 3.63) is 0 Å². The minimum atomic E-state index is -0.947. The van der Waals surface area contributed by atoms with E-state index in [2.05, 4.69) is 15.4 Å². The van der Waals surface area contributed by atoms with Gasteiger partial charge in [-0.05, 0) is 44.4 Å². The lowest BCUT2D eigenvalue weighted by atomic mass is 9.87. The van der Waals surface area contributed by atoms with Crippen LogP contribution in [0.15, 0.2) is 0 Å². The molecule has 4 atom stereocenters. The highest BCUT2D eigenvalue weighted by molar-refractivity contribution is 5.97. The molecule has 0 spiro atoms. The zero-order valence-electron chi connectivity index (χ0n) is 20.9. The Morgan fingerprint density at radius 1 is 1.03 bits per heavy atom. The molecule has 0 aromatic heterocycles. The van der Waals surface area contributed by atoms with Crippen LogP contribution in [0.25, 0.3) is 0 Å².